The zero-order chi connectivity index (χ0) is 24.8. The van der Waals surface area contributed by atoms with Crippen molar-refractivity contribution in [3.63, 3.8) is 0 Å². The van der Waals surface area contributed by atoms with Gasteiger partial charge in [-0.2, -0.15) is 0 Å². The molecule has 1 N–H and O–H groups in total. The smallest absolute Gasteiger partial charge is 0.341 e. The first kappa shape index (κ1) is 25.2. The lowest BCUT2D eigenvalue weighted by atomic mass is 10.1. The van der Waals surface area contributed by atoms with Gasteiger partial charge in [0.2, 0.25) is 0 Å². The molecule has 3 rings (SSSR count). The van der Waals surface area contributed by atoms with Crippen LogP contribution in [0.5, 0.6) is 5.75 Å². The molecule has 0 unspecified atom stereocenters. The van der Waals surface area contributed by atoms with E-state index in [1.165, 1.54) is 0 Å². The Labute approximate surface area is 203 Å². The van der Waals surface area contributed by atoms with E-state index in [1.54, 1.807) is 31.7 Å². The second-order valence-corrected chi connectivity index (χ2v) is 9.06. The van der Waals surface area contributed by atoms with Crippen LogP contribution in [-0.4, -0.2) is 48.5 Å². The summed E-state index contributed by atoms with van der Waals surface area (Å²) < 4.78 is 11.0. The summed E-state index contributed by atoms with van der Waals surface area (Å²) in [5, 5.41) is 5.11. The molecule has 1 heterocycles. The molecular formula is C26H30N2O5S. The molecule has 0 atom stereocenters. The minimum Gasteiger partial charge on any atom is -0.484 e. The molecule has 0 bridgehead atoms. The van der Waals surface area contributed by atoms with Gasteiger partial charge in [0.15, 0.2) is 6.61 Å². The molecule has 7 nitrogen and oxygen atoms in total. The van der Waals surface area contributed by atoms with Crippen molar-refractivity contribution in [2.75, 3.05) is 25.0 Å². The number of anilines is 1. The van der Waals surface area contributed by atoms with Gasteiger partial charge in [0.05, 0.1) is 16.5 Å². The van der Waals surface area contributed by atoms with Gasteiger partial charge in [-0.25, -0.2) is 4.79 Å². The topological polar surface area (TPSA) is 84.9 Å². The van der Waals surface area contributed by atoms with Crippen LogP contribution in [0.1, 0.15) is 53.3 Å². The summed E-state index contributed by atoms with van der Waals surface area (Å²) in [6, 6.07) is 13.5. The van der Waals surface area contributed by atoms with E-state index in [1.807, 2.05) is 50.2 Å². The van der Waals surface area contributed by atoms with E-state index in [-0.39, 0.29) is 29.2 Å². The average Bonchev–Trinajstić information content (AvgIpc) is 3.13. The van der Waals surface area contributed by atoms with Gasteiger partial charge in [-0.1, -0.05) is 30.3 Å². The Bertz CT molecular complexity index is 1200. The number of carbonyl (C=O) groups is 3. The van der Waals surface area contributed by atoms with Crippen LogP contribution in [0.15, 0.2) is 42.5 Å². The highest BCUT2D eigenvalue weighted by molar-refractivity contribution is 7.18. The van der Waals surface area contributed by atoms with E-state index in [9.17, 15) is 14.4 Å². The first-order valence-electron chi connectivity index (χ1n) is 11.3. The van der Waals surface area contributed by atoms with Crippen molar-refractivity contribution in [1.82, 2.24) is 4.90 Å². The Balaban J connectivity index is 1.81. The number of thiophene rings is 1. The van der Waals surface area contributed by atoms with Crippen molar-refractivity contribution < 1.29 is 23.9 Å². The lowest BCUT2D eigenvalue weighted by Gasteiger charge is -2.18. The maximum absolute atomic E-state index is 13.0. The highest BCUT2D eigenvalue weighted by Gasteiger charge is 2.28. The van der Waals surface area contributed by atoms with Crippen LogP contribution in [0.25, 0.3) is 10.8 Å². The number of ether oxygens (including phenoxy) is 2. The normalized spacial score (nSPS) is 10.9. The molecular weight excluding hydrogens is 452 g/mol. The monoisotopic (exact) mass is 482 g/mol. The lowest BCUT2D eigenvalue weighted by Crippen LogP contribution is -2.30. The van der Waals surface area contributed by atoms with Crippen molar-refractivity contribution >= 4 is 44.9 Å². The van der Waals surface area contributed by atoms with Crippen LogP contribution in [0.4, 0.5) is 5.00 Å². The minimum atomic E-state index is -0.576. The summed E-state index contributed by atoms with van der Waals surface area (Å²) in [4.78, 5) is 40.6. The molecule has 0 saturated carbocycles. The van der Waals surface area contributed by atoms with Gasteiger partial charge in [0.1, 0.15) is 10.8 Å². The number of hydrogen-bond donors (Lipinski definition) is 1. The number of rotatable bonds is 9. The Hall–Kier alpha value is -3.39. The summed E-state index contributed by atoms with van der Waals surface area (Å²) in [6.07, 6.45) is -0.339. The molecule has 0 radical (unpaired) electrons. The number of fused-ring (bicyclic) bond motifs is 1. The van der Waals surface area contributed by atoms with E-state index >= 15 is 0 Å². The van der Waals surface area contributed by atoms with Crippen LogP contribution in [-0.2, 0) is 9.53 Å². The highest BCUT2D eigenvalue weighted by Crippen LogP contribution is 2.35. The van der Waals surface area contributed by atoms with Gasteiger partial charge in [-0.3, -0.25) is 9.59 Å². The zero-order valence-corrected chi connectivity index (χ0v) is 21.0. The highest BCUT2D eigenvalue weighted by atomic mass is 32.1. The molecule has 0 aliphatic rings. The van der Waals surface area contributed by atoms with Gasteiger partial charge < -0.3 is 19.7 Å². The third-order valence-corrected chi connectivity index (χ3v) is 6.48. The van der Waals surface area contributed by atoms with Crippen LogP contribution in [0, 0.1) is 6.92 Å². The van der Waals surface area contributed by atoms with Crippen molar-refractivity contribution in [3.8, 4) is 5.75 Å². The SMILES string of the molecule is CCN(CC)C(=O)c1sc(NC(=O)COc2ccc3ccccc3c2)c(C(=O)OC(C)C)c1C. The van der Waals surface area contributed by atoms with Crippen LogP contribution < -0.4 is 10.1 Å². The lowest BCUT2D eigenvalue weighted by molar-refractivity contribution is -0.118. The Kier molecular flexibility index (Phi) is 8.28. The summed E-state index contributed by atoms with van der Waals surface area (Å²) in [6.45, 7) is 9.82. The predicted octanol–water partition coefficient (Wildman–Crippen LogP) is 5.27. The fourth-order valence-corrected chi connectivity index (χ4v) is 4.73. The zero-order valence-electron chi connectivity index (χ0n) is 20.1. The number of nitrogens with zero attached hydrogens (tertiary/aromatic N) is 1. The largest absolute Gasteiger partial charge is 0.484 e. The number of benzene rings is 2. The summed E-state index contributed by atoms with van der Waals surface area (Å²) >= 11 is 1.08. The van der Waals surface area contributed by atoms with Crippen LogP contribution in [0.2, 0.25) is 0 Å². The summed E-state index contributed by atoms with van der Waals surface area (Å²) in [5.41, 5.74) is 0.701. The standard InChI is InChI=1S/C26H30N2O5S/c1-6-28(7-2)25(30)23-17(5)22(26(31)33-16(3)4)24(34-23)27-21(29)15-32-20-13-12-18-10-8-9-11-19(18)14-20/h8-14,16H,6-7,15H2,1-5H3,(H,27,29). The Morgan fingerprint density at radius 3 is 2.35 bits per heavy atom. The maximum atomic E-state index is 13.0. The van der Waals surface area contributed by atoms with Gasteiger partial charge in [-0.15, -0.1) is 11.3 Å². The minimum absolute atomic E-state index is 0.181. The molecule has 34 heavy (non-hydrogen) atoms. The first-order valence-corrected chi connectivity index (χ1v) is 12.1. The number of esters is 1. The Morgan fingerprint density at radius 1 is 1.03 bits per heavy atom. The molecule has 1 aromatic heterocycles. The molecule has 3 aromatic rings. The molecule has 0 saturated heterocycles. The van der Waals surface area contributed by atoms with E-state index in [0.29, 0.717) is 29.3 Å². The number of hydrogen-bond acceptors (Lipinski definition) is 6. The van der Waals surface area contributed by atoms with E-state index in [4.69, 9.17) is 9.47 Å². The maximum Gasteiger partial charge on any atom is 0.341 e. The van der Waals surface area contributed by atoms with Crippen molar-refractivity contribution in [3.05, 3.63) is 58.5 Å². The summed E-state index contributed by atoms with van der Waals surface area (Å²) in [5.74, 6) is -0.630. The van der Waals surface area contributed by atoms with Gasteiger partial charge in [0, 0.05) is 13.1 Å². The second kappa shape index (κ2) is 11.2. The fourth-order valence-electron chi connectivity index (χ4n) is 3.55. The van der Waals surface area contributed by atoms with E-state index in [0.717, 1.165) is 22.1 Å². The number of nitrogens with one attached hydrogen (secondary N) is 1. The van der Waals surface area contributed by atoms with Gasteiger partial charge in [0.25, 0.3) is 11.8 Å². The first-order chi connectivity index (χ1) is 16.2. The quantitative estimate of drug-likeness (QED) is 0.420. The van der Waals surface area contributed by atoms with Crippen molar-refractivity contribution in [2.24, 2.45) is 0 Å². The van der Waals surface area contributed by atoms with E-state index in [2.05, 4.69) is 5.32 Å². The fraction of sp³-hybridized carbons (Fsp3) is 0.346. The molecule has 8 heteroatoms. The molecule has 0 spiro atoms. The number of amides is 2. The van der Waals surface area contributed by atoms with Gasteiger partial charge in [-0.05, 0) is 63.1 Å². The molecule has 0 aliphatic heterocycles. The van der Waals surface area contributed by atoms with Crippen molar-refractivity contribution in [1.29, 1.82) is 0 Å². The van der Waals surface area contributed by atoms with Gasteiger partial charge >= 0.3 is 5.97 Å². The van der Waals surface area contributed by atoms with Crippen LogP contribution in [0.3, 0.4) is 0 Å². The van der Waals surface area contributed by atoms with E-state index < -0.39 is 11.9 Å². The Morgan fingerprint density at radius 2 is 1.71 bits per heavy atom. The third-order valence-electron chi connectivity index (χ3n) is 5.28. The van der Waals surface area contributed by atoms with Crippen molar-refractivity contribution in [2.45, 2.75) is 40.7 Å². The third kappa shape index (κ3) is 5.75. The molecule has 0 fully saturated rings. The predicted molar refractivity (Wildman–Crippen MR) is 135 cm³/mol. The average molecular weight is 483 g/mol. The molecule has 2 amide bonds. The molecule has 2 aromatic carbocycles. The molecule has 0 aliphatic carbocycles. The molecule has 180 valence electrons. The second-order valence-electron chi connectivity index (χ2n) is 8.04. The van der Waals surface area contributed by atoms with Crippen LogP contribution >= 0.6 is 11.3 Å². The number of carbonyl (C=O) groups excluding carboxylic acids is 3. The summed E-state index contributed by atoms with van der Waals surface area (Å²) in [7, 11) is 0.